The molecule has 0 saturated heterocycles. The first kappa shape index (κ1) is 12.7. The van der Waals surface area contributed by atoms with Gasteiger partial charge in [-0.2, -0.15) is 0 Å². The van der Waals surface area contributed by atoms with Crippen molar-refractivity contribution in [3.8, 4) is 0 Å². The van der Waals surface area contributed by atoms with Crippen LogP contribution in [0.1, 0.15) is 44.4 Å². The number of carbonyl (C=O) groups is 1. The van der Waals surface area contributed by atoms with Gasteiger partial charge in [-0.1, -0.05) is 45.0 Å². The second-order valence-corrected chi connectivity index (χ2v) is 5.15. The maximum Gasteiger partial charge on any atom is 0.219 e. The first-order chi connectivity index (χ1) is 7.30. The van der Waals surface area contributed by atoms with E-state index in [1.807, 2.05) is 12.1 Å². The van der Waals surface area contributed by atoms with Gasteiger partial charge in [0.25, 0.3) is 0 Å². The summed E-state index contributed by atoms with van der Waals surface area (Å²) in [7, 11) is 0. The molecule has 3 heteroatoms. The van der Waals surface area contributed by atoms with Gasteiger partial charge in [0.1, 0.15) is 0 Å². The van der Waals surface area contributed by atoms with Gasteiger partial charge in [-0.25, -0.2) is 0 Å². The summed E-state index contributed by atoms with van der Waals surface area (Å²) in [5.74, 6) is -0.368. The topological polar surface area (TPSA) is 69.1 Å². The fourth-order valence-electron chi connectivity index (χ4n) is 1.56. The molecule has 0 bridgehead atoms. The molecule has 4 N–H and O–H groups in total. The van der Waals surface area contributed by atoms with Crippen LogP contribution in [-0.4, -0.2) is 5.91 Å². The molecule has 3 nitrogen and oxygen atoms in total. The molecule has 1 aromatic rings. The SMILES string of the molecule is CC(C)(C)c1ccc(C(N)CC(N)=O)cc1. The van der Waals surface area contributed by atoms with Crippen LogP contribution in [0, 0.1) is 0 Å². The Morgan fingerprint density at radius 2 is 1.75 bits per heavy atom. The van der Waals surface area contributed by atoms with Gasteiger partial charge in [0.2, 0.25) is 5.91 Å². The second-order valence-electron chi connectivity index (χ2n) is 5.15. The molecule has 1 amide bonds. The van der Waals surface area contributed by atoms with Crippen LogP contribution < -0.4 is 11.5 Å². The lowest BCUT2D eigenvalue weighted by molar-refractivity contribution is -0.118. The zero-order chi connectivity index (χ0) is 12.3. The average Bonchev–Trinajstić information content (AvgIpc) is 2.15. The highest BCUT2D eigenvalue weighted by atomic mass is 16.1. The summed E-state index contributed by atoms with van der Waals surface area (Å²) >= 11 is 0. The zero-order valence-electron chi connectivity index (χ0n) is 10.2. The average molecular weight is 220 g/mol. The normalized spacial score (nSPS) is 13.5. The Balaban J connectivity index is 2.83. The molecule has 0 aromatic heterocycles. The molecule has 0 heterocycles. The van der Waals surface area contributed by atoms with Crippen molar-refractivity contribution in [3.63, 3.8) is 0 Å². The number of benzene rings is 1. The molecule has 0 aliphatic heterocycles. The van der Waals surface area contributed by atoms with Crippen LogP contribution in [0.3, 0.4) is 0 Å². The Hall–Kier alpha value is -1.35. The number of primary amides is 1. The van der Waals surface area contributed by atoms with Crippen molar-refractivity contribution >= 4 is 5.91 Å². The number of hydrogen-bond donors (Lipinski definition) is 2. The van der Waals surface area contributed by atoms with Gasteiger partial charge in [0.15, 0.2) is 0 Å². The van der Waals surface area contributed by atoms with E-state index in [-0.39, 0.29) is 23.8 Å². The minimum Gasteiger partial charge on any atom is -0.370 e. The predicted octanol–water partition coefficient (Wildman–Crippen LogP) is 1.86. The molecule has 0 saturated carbocycles. The van der Waals surface area contributed by atoms with Crippen LogP contribution in [-0.2, 0) is 10.2 Å². The summed E-state index contributed by atoms with van der Waals surface area (Å²) in [6.07, 6.45) is 0.189. The van der Waals surface area contributed by atoms with Gasteiger partial charge in [-0.3, -0.25) is 4.79 Å². The van der Waals surface area contributed by atoms with Crippen molar-refractivity contribution in [2.24, 2.45) is 11.5 Å². The molecule has 0 spiro atoms. The molecule has 0 aliphatic carbocycles. The lowest BCUT2D eigenvalue weighted by Gasteiger charge is -2.20. The van der Waals surface area contributed by atoms with Crippen LogP contribution in [0.15, 0.2) is 24.3 Å². The Kier molecular flexibility index (Phi) is 3.70. The van der Waals surface area contributed by atoms with Gasteiger partial charge in [0, 0.05) is 12.5 Å². The molecule has 1 atom stereocenters. The Labute approximate surface area is 96.8 Å². The Morgan fingerprint density at radius 1 is 1.25 bits per heavy atom. The van der Waals surface area contributed by atoms with E-state index < -0.39 is 0 Å². The molecule has 1 aromatic carbocycles. The maximum absolute atomic E-state index is 10.8. The van der Waals surface area contributed by atoms with Crippen LogP contribution in [0.25, 0.3) is 0 Å². The highest BCUT2D eigenvalue weighted by molar-refractivity contribution is 5.74. The largest absolute Gasteiger partial charge is 0.370 e. The number of hydrogen-bond acceptors (Lipinski definition) is 2. The Bertz CT molecular complexity index is 363. The highest BCUT2D eigenvalue weighted by Gasteiger charge is 2.14. The molecule has 88 valence electrons. The van der Waals surface area contributed by atoms with E-state index in [1.54, 1.807) is 0 Å². The fourth-order valence-corrected chi connectivity index (χ4v) is 1.56. The van der Waals surface area contributed by atoms with Crippen LogP contribution in [0.2, 0.25) is 0 Å². The Morgan fingerprint density at radius 3 is 2.12 bits per heavy atom. The van der Waals surface area contributed by atoms with Crippen molar-refractivity contribution in [2.45, 2.75) is 38.6 Å². The summed E-state index contributed by atoms with van der Waals surface area (Å²) < 4.78 is 0. The third-order valence-corrected chi connectivity index (χ3v) is 2.63. The third-order valence-electron chi connectivity index (χ3n) is 2.63. The molecule has 0 fully saturated rings. The van der Waals surface area contributed by atoms with Gasteiger partial charge >= 0.3 is 0 Å². The minimum atomic E-state index is -0.368. The van der Waals surface area contributed by atoms with Crippen LogP contribution in [0.5, 0.6) is 0 Å². The van der Waals surface area contributed by atoms with E-state index in [1.165, 1.54) is 5.56 Å². The van der Waals surface area contributed by atoms with Gasteiger partial charge in [-0.15, -0.1) is 0 Å². The predicted molar refractivity (Wildman–Crippen MR) is 65.9 cm³/mol. The lowest BCUT2D eigenvalue weighted by Crippen LogP contribution is -2.21. The molecule has 1 unspecified atom stereocenters. The van der Waals surface area contributed by atoms with E-state index in [4.69, 9.17) is 11.5 Å². The standard InChI is InChI=1S/C13H20N2O/c1-13(2,3)10-6-4-9(5-7-10)11(14)8-12(15)16/h4-7,11H,8,14H2,1-3H3,(H2,15,16). The molecule has 1 rings (SSSR count). The second kappa shape index (κ2) is 4.66. The smallest absolute Gasteiger partial charge is 0.219 e. The van der Waals surface area contributed by atoms with Gasteiger partial charge in [0.05, 0.1) is 0 Å². The van der Waals surface area contributed by atoms with Crippen LogP contribution in [0.4, 0.5) is 0 Å². The summed E-state index contributed by atoms with van der Waals surface area (Å²) in [5, 5.41) is 0. The minimum absolute atomic E-state index is 0.131. The molecule has 0 aliphatic rings. The van der Waals surface area contributed by atoms with E-state index >= 15 is 0 Å². The fraction of sp³-hybridized carbons (Fsp3) is 0.462. The summed E-state index contributed by atoms with van der Waals surface area (Å²) in [6, 6.07) is 7.74. The third kappa shape index (κ3) is 3.35. The van der Waals surface area contributed by atoms with Gasteiger partial charge < -0.3 is 11.5 Å². The van der Waals surface area contributed by atoms with Gasteiger partial charge in [-0.05, 0) is 16.5 Å². The first-order valence-corrected chi connectivity index (χ1v) is 5.45. The summed E-state index contributed by atoms with van der Waals surface area (Å²) in [5.41, 5.74) is 13.3. The lowest BCUT2D eigenvalue weighted by atomic mass is 9.86. The quantitative estimate of drug-likeness (QED) is 0.816. The van der Waals surface area contributed by atoms with Crippen LogP contribution >= 0.6 is 0 Å². The van der Waals surface area contributed by atoms with Crippen molar-refractivity contribution in [2.75, 3.05) is 0 Å². The number of carbonyl (C=O) groups excluding carboxylic acids is 1. The van der Waals surface area contributed by atoms with E-state index in [0.29, 0.717) is 0 Å². The monoisotopic (exact) mass is 220 g/mol. The van der Waals surface area contributed by atoms with Crippen molar-refractivity contribution < 1.29 is 4.79 Å². The van der Waals surface area contributed by atoms with E-state index in [2.05, 4.69) is 32.9 Å². The number of nitrogens with two attached hydrogens (primary N) is 2. The van der Waals surface area contributed by atoms with Crippen molar-refractivity contribution in [1.29, 1.82) is 0 Å². The summed E-state index contributed by atoms with van der Waals surface area (Å²) in [4.78, 5) is 10.8. The maximum atomic E-state index is 10.8. The molecule has 16 heavy (non-hydrogen) atoms. The molecular weight excluding hydrogens is 200 g/mol. The number of amides is 1. The highest BCUT2D eigenvalue weighted by Crippen LogP contribution is 2.24. The van der Waals surface area contributed by atoms with E-state index in [9.17, 15) is 4.79 Å². The van der Waals surface area contributed by atoms with Crippen molar-refractivity contribution in [1.82, 2.24) is 0 Å². The number of rotatable bonds is 3. The molecular formula is C13H20N2O. The molecule has 0 radical (unpaired) electrons. The first-order valence-electron chi connectivity index (χ1n) is 5.45. The van der Waals surface area contributed by atoms with E-state index in [0.717, 1.165) is 5.56 Å². The zero-order valence-corrected chi connectivity index (χ0v) is 10.2. The summed E-state index contributed by atoms with van der Waals surface area (Å²) in [6.45, 7) is 6.47. The van der Waals surface area contributed by atoms with Crippen molar-refractivity contribution in [3.05, 3.63) is 35.4 Å².